The van der Waals surface area contributed by atoms with Crippen molar-refractivity contribution < 1.29 is 9.59 Å². The number of hydrogen-bond donors (Lipinski definition) is 1. The minimum atomic E-state index is 0.103. The molecular formula is C19H27N3O2S. The van der Waals surface area contributed by atoms with E-state index in [2.05, 4.69) is 10.3 Å². The van der Waals surface area contributed by atoms with Crippen molar-refractivity contribution in [1.82, 2.24) is 9.88 Å². The summed E-state index contributed by atoms with van der Waals surface area (Å²) in [5, 5.41) is 3.65. The van der Waals surface area contributed by atoms with Crippen LogP contribution in [0.1, 0.15) is 68.4 Å². The number of rotatable bonds is 5. The summed E-state index contributed by atoms with van der Waals surface area (Å²) in [6.07, 6.45) is 11.2. The second-order valence-corrected chi connectivity index (χ2v) is 8.84. The number of carbonyl (C=O) groups excluding carboxylic acids is 2. The molecule has 4 rings (SSSR count). The molecule has 1 aliphatic heterocycles. The second-order valence-electron chi connectivity index (χ2n) is 7.76. The fourth-order valence-electron chi connectivity index (χ4n) is 3.98. The highest BCUT2D eigenvalue weighted by atomic mass is 32.1. The fraction of sp³-hybridized carbons (Fsp3) is 0.737. The minimum absolute atomic E-state index is 0.103. The van der Waals surface area contributed by atoms with Crippen LogP contribution >= 0.6 is 11.3 Å². The summed E-state index contributed by atoms with van der Waals surface area (Å²) in [6, 6.07) is 0. The number of amides is 2. The Morgan fingerprint density at radius 1 is 1.16 bits per heavy atom. The van der Waals surface area contributed by atoms with Gasteiger partial charge in [-0.05, 0) is 25.2 Å². The predicted octanol–water partition coefficient (Wildman–Crippen LogP) is 3.74. The summed E-state index contributed by atoms with van der Waals surface area (Å²) < 4.78 is 0. The Labute approximate surface area is 153 Å². The summed E-state index contributed by atoms with van der Waals surface area (Å²) >= 11 is 1.54. The summed E-state index contributed by atoms with van der Waals surface area (Å²) in [5.41, 5.74) is 1.06. The molecule has 1 aromatic rings. The molecule has 1 aromatic heterocycles. The van der Waals surface area contributed by atoms with E-state index in [4.69, 9.17) is 0 Å². The van der Waals surface area contributed by atoms with Gasteiger partial charge in [0.25, 0.3) is 0 Å². The summed E-state index contributed by atoms with van der Waals surface area (Å²) in [5.74, 6) is 1.34. The van der Waals surface area contributed by atoms with E-state index in [-0.39, 0.29) is 17.7 Å². The van der Waals surface area contributed by atoms with Gasteiger partial charge < -0.3 is 10.2 Å². The third-order valence-electron chi connectivity index (χ3n) is 5.75. The number of nitrogens with one attached hydrogen (secondary N) is 1. The Bertz CT molecular complexity index is 647. The summed E-state index contributed by atoms with van der Waals surface area (Å²) in [7, 11) is 0. The van der Waals surface area contributed by atoms with Crippen molar-refractivity contribution in [2.24, 2.45) is 11.8 Å². The molecule has 2 amide bonds. The van der Waals surface area contributed by atoms with Crippen molar-refractivity contribution in [3.05, 3.63) is 10.6 Å². The Hall–Kier alpha value is -1.43. The first-order valence-corrected chi connectivity index (χ1v) is 10.6. The number of thiazole rings is 1. The first-order valence-electron chi connectivity index (χ1n) is 9.76. The lowest BCUT2D eigenvalue weighted by Gasteiger charge is -2.27. The molecule has 5 nitrogen and oxygen atoms in total. The first-order chi connectivity index (χ1) is 12.2. The smallest absolute Gasteiger partial charge is 0.229 e. The van der Waals surface area contributed by atoms with Gasteiger partial charge >= 0.3 is 0 Å². The SMILES string of the molecule is O=C(Nc1nc2c(s1)CN(C(=O)CCC1CCCCC1)CC2)C1CC1. The third-order valence-corrected chi connectivity index (χ3v) is 6.75. The molecular weight excluding hydrogens is 334 g/mol. The largest absolute Gasteiger partial charge is 0.337 e. The van der Waals surface area contributed by atoms with Crippen LogP contribution in [-0.2, 0) is 22.6 Å². The molecule has 2 saturated carbocycles. The van der Waals surface area contributed by atoms with Crippen molar-refractivity contribution >= 4 is 28.3 Å². The molecule has 2 heterocycles. The Morgan fingerprint density at radius 3 is 2.72 bits per heavy atom. The van der Waals surface area contributed by atoms with Crippen LogP contribution in [0.4, 0.5) is 5.13 Å². The van der Waals surface area contributed by atoms with Crippen molar-refractivity contribution in [3.8, 4) is 0 Å². The lowest BCUT2D eigenvalue weighted by Crippen LogP contribution is -2.35. The molecule has 0 aromatic carbocycles. The third kappa shape index (κ3) is 4.22. The predicted molar refractivity (Wildman–Crippen MR) is 98.4 cm³/mol. The molecule has 3 aliphatic rings. The van der Waals surface area contributed by atoms with Crippen LogP contribution in [0.25, 0.3) is 0 Å². The van der Waals surface area contributed by atoms with Gasteiger partial charge in [-0.25, -0.2) is 4.98 Å². The monoisotopic (exact) mass is 361 g/mol. The maximum absolute atomic E-state index is 12.6. The van der Waals surface area contributed by atoms with Crippen molar-refractivity contribution in [3.63, 3.8) is 0 Å². The van der Waals surface area contributed by atoms with Crippen molar-refractivity contribution in [2.45, 2.75) is 70.8 Å². The molecule has 136 valence electrons. The molecule has 0 spiro atoms. The first kappa shape index (κ1) is 17.0. The van der Waals surface area contributed by atoms with Gasteiger partial charge in [-0.15, -0.1) is 0 Å². The topological polar surface area (TPSA) is 62.3 Å². The van der Waals surface area contributed by atoms with Crippen LogP contribution in [0.15, 0.2) is 0 Å². The van der Waals surface area contributed by atoms with Gasteiger partial charge in [0.15, 0.2) is 5.13 Å². The zero-order valence-electron chi connectivity index (χ0n) is 14.8. The summed E-state index contributed by atoms with van der Waals surface area (Å²) in [6.45, 7) is 1.42. The van der Waals surface area contributed by atoms with Gasteiger partial charge in [0.2, 0.25) is 11.8 Å². The molecule has 25 heavy (non-hydrogen) atoms. The zero-order chi connectivity index (χ0) is 17.2. The highest BCUT2D eigenvalue weighted by Crippen LogP contribution is 2.33. The lowest BCUT2D eigenvalue weighted by atomic mass is 9.86. The highest BCUT2D eigenvalue weighted by Gasteiger charge is 2.31. The van der Waals surface area contributed by atoms with Crippen LogP contribution in [0.3, 0.4) is 0 Å². The zero-order valence-corrected chi connectivity index (χ0v) is 15.6. The molecule has 0 bridgehead atoms. The number of anilines is 1. The molecule has 2 fully saturated rings. The van der Waals surface area contributed by atoms with E-state index < -0.39 is 0 Å². The molecule has 6 heteroatoms. The number of aromatic nitrogens is 1. The van der Waals surface area contributed by atoms with Crippen LogP contribution in [0.2, 0.25) is 0 Å². The maximum atomic E-state index is 12.6. The van der Waals surface area contributed by atoms with E-state index in [0.717, 1.165) is 48.7 Å². The Balaban J connectivity index is 1.29. The van der Waals surface area contributed by atoms with E-state index >= 15 is 0 Å². The van der Waals surface area contributed by atoms with Gasteiger partial charge in [0.05, 0.1) is 12.2 Å². The molecule has 0 saturated heterocycles. The molecule has 1 N–H and O–H groups in total. The van der Waals surface area contributed by atoms with Gasteiger partial charge in [0.1, 0.15) is 0 Å². The van der Waals surface area contributed by atoms with E-state index in [9.17, 15) is 9.59 Å². The Morgan fingerprint density at radius 2 is 1.96 bits per heavy atom. The number of nitrogens with zero attached hydrogens (tertiary/aromatic N) is 2. The Kier molecular flexibility index (Phi) is 5.06. The molecule has 2 aliphatic carbocycles. The van der Waals surface area contributed by atoms with E-state index in [1.54, 1.807) is 0 Å². The maximum Gasteiger partial charge on any atom is 0.229 e. The van der Waals surface area contributed by atoms with Crippen LogP contribution in [0.5, 0.6) is 0 Å². The van der Waals surface area contributed by atoms with Crippen LogP contribution < -0.4 is 5.32 Å². The van der Waals surface area contributed by atoms with E-state index in [0.29, 0.717) is 18.1 Å². The average molecular weight is 362 g/mol. The van der Waals surface area contributed by atoms with Gasteiger partial charge in [-0.3, -0.25) is 9.59 Å². The summed E-state index contributed by atoms with van der Waals surface area (Å²) in [4.78, 5) is 32.1. The lowest BCUT2D eigenvalue weighted by molar-refractivity contribution is -0.132. The molecule has 0 radical (unpaired) electrons. The number of fused-ring (bicyclic) bond motifs is 1. The standard InChI is InChI=1S/C19H27N3O2S/c23-17(9-6-13-4-2-1-3-5-13)22-11-10-15-16(12-22)25-19(20-15)21-18(24)14-7-8-14/h13-14H,1-12H2,(H,20,21,24). The van der Waals surface area contributed by atoms with Crippen LogP contribution in [0, 0.1) is 11.8 Å². The second kappa shape index (κ2) is 7.44. The normalized spacial score (nSPS) is 21.0. The van der Waals surface area contributed by atoms with Gasteiger partial charge in [0, 0.05) is 30.2 Å². The van der Waals surface area contributed by atoms with Crippen LogP contribution in [-0.4, -0.2) is 28.2 Å². The van der Waals surface area contributed by atoms with Gasteiger partial charge in [-0.2, -0.15) is 0 Å². The molecule has 0 unspecified atom stereocenters. The number of hydrogen-bond acceptors (Lipinski definition) is 4. The fourth-order valence-corrected chi connectivity index (χ4v) is 5.00. The number of carbonyl (C=O) groups is 2. The average Bonchev–Trinajstić information content (AvgIpc) is 3.41. The van der Waals surface area contributed by atoms with Gasteiger partial charge in [-0.1, -0.05) is 43.4 Å². The van der Waals surface area contributed by atoms with Crippen molar-refractivity contribution in [1.29, 1.82) is 0 Å². The van der Waals surface area contributed by atoms with E-state index in [1.807, 2.05) is 4.90 Å². The minimum Gasteiger partial charge on any atom is -0.337 e. The molecule has 0 atom stereocenters. The van der Waals surface area contributed by atoms with Crippen molar-refractivity contribution in [2.75, 3.05) is 11.9 Å². The quantitative estimate of drug-likeness (QED) is 0.869. The van der Waals surface area contributed by atoms with E-state index in [1.165, 1.54) is 43.4 Å². The highest BCUT2D eigenvalue weighted by molar-refractivity contribution is 7.15.